The molecule has 0 saturated carbocycles. The van der Waals surface area contributed by atoms with Gasteiger partial charge in [0, 0.05) is 10.2 Å². The van der Waals surface area contributed by atoms with Gasteiger partial charge in [-0.15, -0.1) is 11.3 Å². The van der Waals surface area contributed by atoms with Crippen LogP contribution in [0.3, 0.4) is 0 Å². The summed E-state index contributed by atoms with van der Waals surface area (Å²) in [6.07, 6.45) is -6.25. The van der Waals surface area contributed by atoms with E-state index in [0.29, 0.717) is 31.7 Å². The summed E-state index contributed by atoms with van der Waals surface area (Å²) in [4.78, 5) is 16.1. The molecule has 3 rings (SSSR count). The molecule has 2 N–H and O–H groups in total. The van der Waals surface area contributed by atoms with Gasteiger partial charge in [-0.1, -0.05) is 34.1 Å². The summed E-state index contributed by atoms with van der Waals surface area (Å²) in [6.45, 7) is 0. The topological polar surface area (TPSA) is 62.2 Å². The van der Waals surface area contributed by atoms with E-state index in [9.17, 15) is 23.1 Å². The number of para-hydroxylation sites is 1. The number of nitrogens with zero attached hydrogens (tertiary/aromatic N) is 1. The molecule has 2 aromatic carbocycles. The number of anilines is 1. The van der Waals surface area contributed by atoms with E-state index in [1.807, 2.05) is 0 Å². The summed E-state index contributed by atoms with van der Waals surface area (Å²) < 4.78 is 42.0. The zero-order valence-corrected chi connectivity index (χ0v) is 15.5. The first-order chi connectivity index (χ1) is 12.2. The Kier molecular flexibility index (Phi) is 5.05. The van der Waals surface area contributed by atoms with Crippen molar-refractivity contribution in [2.75, 3.05) is 5.32 Å². The van der Waals surface area contributed by atoms with E-state index >= 15 is 0 Å². The summed E-state index contributed by atoms with van der Waals surface area (Å²) in [5, 5.41) is 12.2. The van der Waals surface area contributed by atoms with Crippen LogP contribution in [0.2, 0.25) is 0 Å². The lowest BCUT2D eigenvalue weighted by Crippen LogP contribution is -2.45. The van der Waals surface area contributed by atoms with Crippen LogP contribution < -0.4 is 5.32 Å². The predicted octanol–water partition coefficient (Wildman–Crippen LogP) is 4.84. The Bertz CT molecular complexity index is 927. The summed E-state index contributed by atoms with van der Waals surface area (Å²) in [5.74, 6) is -0.970. The zero-order valence-electron chi connectivity index (χ0n) is 13.0. The number of hydrogen-bond donors (Lipinski definition) is 2. The fourth-order valence-corrected chi connectivity index (χ4v) is 3.82. The number of fused-ring (bicyclic) bond motifs is 1. The number of nitrogens with one attached hydrogen (secondary N) is 1. The van der Waals surface area contributed by atoms with E-state index in [1.165, 1.54) is 6.07 Å². The minimum Gasteiger partial charge on any atom is -0.374 e. The maximum atomic E-state index is 13.6. The molecule has 0 aliphatic rings. The van der Waals surface area contributed by atoms with E-state index in [4.69, 9.17) is 0 Å². The Morgan fingerprint density at radius 1 is 1.19 bits per heavy atom. The second kappa shape index (κ2) is 6.98. The molecule has 0 aliphatic heterocycles. The third kappa shape index (κ3) is 3.74. The molecule has 1 unspecified atom stereocenters. The highest BCUT2D eigenvalue weighted by atomic mass is 79.9. The van der Waals surface area contributed by atoms with Crippen molar-refractivity contribution >= 4 is 49.1 Å². The average molecular weight is 445 g/mol. The number of thiazole rings is 1. The first-order valence-corrected chi connectivity index (χ1v) is 9.00. The Balaban J connectivity index is 1.91. The van der Waals surface area contributed by atoms with Gasteiger partial charge in [-0.05, 0) is 30.3 Å². The highest BCUT2D eigenvalue weighted by Gasteiger charge is 2.58. The van der Waals surface area contributed by atoms with Gasteiger partial charge < -0.3 is 10.4 Å². The lowest BCUT2D eigenvalue weighted by Gasteiger charge is -2.27. The lowest BCUT2D eigenvalue weighted by molar-refractivity contribution is -0.266. The van der Waals surface area contributed by atoms with E-state index in [0.717, 1.165) is 0 Å². The molecule has 4 nitrogen and oxygen atoms in total. The van der Waals surface area contributed by atoms with E-state index in [1.54, 1.807) is 42.5 Å². The molecule has 0 saturated heterocycles. The second-order valence-electron chi connectivity index (χ2n) is 5.58. The summed E-state index contributed by atoms with van der Waals surface area (Å²) in [7, 11) is 0. The van der Waals surface area contributed by atoms with Crippen molar-refractivity contribution in [3.8, 4) is 0 Å². The quantitative estimate of drug-likeness (QED) is 0.605. The van der Waals surface area contributed by atoms with Crippen LogP contribution in [-0.4, -0.2) is 22.2 Å². The summed E-state index contributed by atoms with van der Waals surface area (Å²) >= 11 is 3.93. The number of aliphatic hydroxyl groups is 1. The highest BCUT2D eigenvalue weighted by Crippen LogP contribution is 2.44. The van der Waals surface area contributed by atoms with Crippen LogP contribution in [-0.2, 0) is 10.4 Å². The van der Waals surface area contributed by atoms with Crippen molar-refractivity contribution in [3.63, 3.8) is 0 Å². The maximum absolute atomic E-state index is 13.6. The number of alkyl halides is 3. The van der Waals surface area contributed by atoms with Crippen molar-refractivity contribution in [1.82, 2.24) is 4.98 Å². The van der Waals surface area contributed by atoms with Crippen LogP contribution >= 0.6 is 27.3 Å². The highest BCUT2D eigenvalue weighted by molar-refractivity contribution is 9.10. The van der Waals surface area contributed by atoms with Crippen molar-refractivity contribution in [3.05, 3.63) is 58.0 Å². The SMILES string of the molecule is O=C(CC(O)(c1nc2ccccc2s1)C(F)(F)F)Nc1cccc(Br)c1. The van der Waals surface area contributed by atoms with Gasteiger partial charge in [0.05, 0.1) is 16.6 Å². The summed E-state index contributed by atoms with van der Waals surface area (Å²) in [5.41, 5.74) is -2.71. The van der Waals surface area contributed by atoms with Crippen LogP contribution in [0.15, 0.2) is 53.0 Å². The molecule has 0 aliphatic carbocycles. The van der Waals surface area contributed by atoms with Gasteiger partial charge in [0.15, 0.2) is 0 Å². The largest absolute Gasteiger partial charge is 0.424 e. The fraction of sp³-hybridized carbons (Fsp3) is 0.176. The number of hydrogen-bond acceptors (Lipinski definition) is 4. The standard InChI is InChI=1S/C17H12BrF3N2O2S/c18-10-4-3-5-11(8-10)22-14(24)9-16(25,17(19,20)21)15-23-12-6-1-2-7-13(12)26-15/h1-8,25H,9H2,(H,22,24). The molecule has 1 aromatic heterocycles. The first kappa shape index (κ1) is 18.8. The van der Waals surface area contributed by atoms with Gasteiger partial charge in [-0.2, -0.15) is 13.2 Å². The maximum Gasteiger partial charge on any atom is 0.424 e. The first-order valence-electron chi connectivity index (χ1n) is 7.39. The number of carbonyl (C=O) groups excluding carboxylic acids is 1. The minimum absolute atomic E-state index is 0.318. The fourth-order valence-electron chi connectivity index (χ4n) is 2.35. The molecule has 9 heteroatoms. The van der Waals surface area contributed by atoms with E-state index < -0.39 is 29.1 Å². The summed E-state index contributed by atoms with van der Waals surface area (Å²) in [6, 6.07) is 12.9. The molecule has 0 radical (unpaired) electrons. The van der Waals surface area contributed by atoms with E-state index in [-0.39, 0.29) is 0 Å². The van der Waals surface area contributed by atoms with Crippen LogP contribution in [0.5, 0.6) is 0 Å². The molecule has 1 atom stereocenters. The van der Waals surface area contributed by atoms with Gasteiger partial charge in [0.1, 0.15) is 5.01 Å². The molecular weight excluding hydrogens is 433 g/mol. The lowest BCUT2D eigenvalue weighted by atomic mass is 9.99. The van der Waals surface area contributed by atoms with Crippen LogP contribution in [0.1, 0.15) is 11.4 Å². The van der Waals surface area contributed by atoms with Crippen LogP contribution in [0, 0.1) is 0 Å². The normalized spacial score (nSPS) is 14.2. The monoisotopic (exact) mass is 444 g/mol. The van der Waals surface area contributed by atoms with Gasteiger partial charge in [0.2, 0.25) is 11.5 Å². The Hall–Kier alpha value is -1.97. The Labute approximate surface area is 158 Å². The molecule has 136 valence electrons. The minimum atomic E-state index is -5.06. The third-order valence-corrected chi connectivity index (χ3v) is 5.32. The molecule has 1 heterocycles. The van der Waals surface area contributed by atoms with Gasteiger partial charge in [-0.25, -0.2) is 4.98 Å². The van der Waals surface area contributed by atoms with Crippen molar-refractivity contribution in [2.45, 2.75) is 18.2 Å². The van der Waals surface area contributed by atoms with E-state index in [2.05, 4.69) is 26.2 Å². The van der Waals surface area contributed by atoms with Crippen LogP contribution in [0.4, 0.5) is 18.9 Å². The molecule has 0 bridgehead atoms. The smallest absolute Gasteiger partial charge is 0.374 e. The molecule has 3 aromatic rings. The van der Waals surface area contributed by atoms with Crippen molar-refractivity contribution in [2.24, 2.45) is 0 Å². The number of carbonyl (C=O) groups is 1. The van der Waals surface area contributed by atoms with Crippen molar-refractivity contribution in [1.29, 1.82) is 0 Å². The zero-order chi connectivity index (χ0) is 18.9. The van der Waals surface area contributed by atoms with Crippen molar-refractivity contribution < 1.29 is 23.1 Å². The number of amides is 1. The van der Waals surface area contributed by atoms with Crippen LogP contribution in [0.25, 0.3) is 10.2 Å². The van der Waals surface area contributed by atoms with Gasteiger partial charge in [-0.3, -0.25) is 4.79 Å². The number of benzene rings is 2. The third-order valence-electron chi connectivity index (χ3n) is 3.64. The average Bonchev–Trinajstić information content (AvgIpc) is 2.98. The van der Waals surface area contributed by atoms with Gasteiger partial charge >= 0.3 is 6.18 Å². The predicted molar refractivity (Wildman–Crippen MR) is 97.0 cm³/mol. The Morgan fingerprint density at radius 2 is 1.92 bits per heavy atom. The second-order valence-corrected chi connectivity index (χ2v) is 7.53. The number of halogens is 4. The molecular formula is C17H12BrF3N2O2S. The number of aromatic nitrogens is 1. The molecule has 0 fully saturated rings. The van der Waals surface area contributed by atoms with Gasteiger partial charge in [0.25, 0.3) is 0 Å². The Morgan fingerprint density at radius 3 is 2.58 bits per heavy atom. The number of rotatable bonds is 4. The molecule has 0 spiro atoms. The molecule has 1 amide bonds. The molecule has 26 heavy (non-hydrogen) atoms.